The molecule has 0 spiro atoms. The van der Waals surface area contributed by atoms with E-state index in [9.17, 15) is 4.79 Å². The number of benzene rings is 1. The second-order valence-electron chi connectivity index (χ2n) is 3.70. The van der Waals surface area contributed by atoms with Crippen molar-refractivity contribution in [1.29, 1.82) is 0 Å². The number of nitrogens with two attached hydrogens (primary N) is 1. The van der Waals surface area contributed by atoms with E-state index in [1.54, 1.807) is 6.92 Å². The third-order valence-electron chi connectivity index (χ3n) is 2.38. The fourth-order valence-electron chi connectivity index (χ4n) is 0.988. The summed E-state index contributed by atoms with van der Waals surface area (Å²) in [6.07, 6.45) is 0.600. The number of carbonyl (C=O) groups is 1. The van der Waals surface area contributed by atoms with Crippen molar-refractivity contribution < 1.29 is 4.79 Å². The Bertz CT molecular complexity index is 363. The normalized spacial score (nSPS) is 14.4. The molecule has 3 N–H and O–H groups in total. The van der Waals surface area contributed by atoms with E-state index in [0.29, 0.717) is 6.42 Å². The molecule has 0 fully saturated rings. The first kappa shape index (κ1) is 12.2. The van der Waals surface area contributed by atoms with Crippen LogP contribution in [0.5, 0.6) is 0 Å². The lowest BCUT2D eigenvalue weighted by Crippen LogP contribution is -2.47. The molecule has 1 amide bonds. The van der Waals surface area contributed by atoms with Crippen LogP contribution >= 0.6 is 15.9 Å². The molecule has 0 saturated carbocycles. The maximum Gasteiger partial charge on any atom is 0.244 e. The van der Waals surface area contributed by atoms with Crippen LogP contribution in [-0.4, -0.2) is 11.4 Å². The lowest BCUT2D eigenvalue weighted by atomic mass is 9.99. The van der Waals surface area contributed by atoms with Gasteiger partial charge < -0.3 is 11.1 Å². The van der Waals surface area contributed by atoms with Crippen molar-refractivity contribution in [2.45, 2.75) is 25.8 Å². The Kier molecular flexibility index (Phi) is 3.88. The highest BCUT2D eigenvalue weighted by molar-refractivity contribution is 9.10. The minimum absolute atomic E-state index is 0.170. The van der Waals surface area contributed by atoms with E-state index in [1.807, 2.05) is 31.2 Å². The largest absolute Gasteiger partial charge is 0.323 e. The topological polar surface area (TPSA) is 55.1 Å². The van der Waals surface area contributed by atoms with E-state index in [2.05, 4.69) is 21.2 Å². The van der Waals surface area contributed by atoms with Crippen molar-refractivity contribution in [3.8, 4) is 0 Å². The summed E-state index contributed by atoms with van der Waals surface area (Å²) in [5.41, 5.74) is 5.75. The van der Waals surface area contributed by atoms with Crippen LogP contribution in [0.25, 0.3) is 0 Å². The van der Waals surface area contributed by atoms with E-state index in [-0.39, 0.29) is 5.91 Å². The minimum atomic E-state index is -0.824. The van der Waals surface area contributed by atoms with Gasteiger partial charge in [-0.1, -0.05) is 19.1 Å². The van der Waals surface area contributed by atoms with Crippen LogP contribution in [0.1, 0.15) is 20.3 Å². The van der Waals surface area contributed by atoms with Gasteiger partial charge >= 0.3 is 0 Å². The molecule has 82 valence electrons. The summed E-state index contributed by atoms with van der Waals surface area (Å²) >= 11 is 3.36. The molecule has 3 nitrogen and oxygen atoms in total. The molecule has 1 aromatic carbocycles. The van der Waals surface area contributed by atoms with Gasteiger partial charge in [0, 0.05) is 4.47 Å². The third-order valence-corrected chi connectivity index (χ3v) is 3.07. The SMILES string of the molecule is CCC(C)(N)C(=O)Nc1ccccc1Br. The standard InChI is InChI=1S/C11H15BrN2O/c1-3-11(2,13)10(15)14-9-7-5-4-6-8(9)12/h4-7H,3,13H2,1-2H3,(H,14,15). The Morgan fingerprint density at radius 1 is 1.53 bits per heavy atom. The Balaban J connectivity index is 2.80. The lowest BCUT2D eigenvalue weighted by molar-refractivity contribution is -0.120. The molecule has 1 atom stereocenters. The molecule has 1 rings (SSSR count). The molecule has 0 aliphatic heterocycles. The van der Waals surface area contributed by atoms with E-state index in [1.165, 1.54) is 0 Å². The van der Waals surface area contributed by atoms with E-state index in [4.69, 9.17) is 5.73 Å². The zero-order chi connectivity index (χ0) is 11.5. The molecule has 0 saturated heterocycles. The summed E-state index contributed by atoms with van der Waals surface area (Å²) in [6, 6.07) is 7.45. The second-order valence-corrected chi connectivity index (χ2v) is 4.56. The molecular formula is C11H15BrN2O. The van der Waals surface area contributed by atoms with Gasteiger partial charge in [-0.3, -0.25) is 4.79 Å². The van der Waals surface area contributed by atoms with Gasteiger partial charge in [0.25, 0.3) is 0 Å². The Morgan fingerprint density at radius 2 is 2.13 bits per heavy atom. The van der Waals surface area contributed by atoms with Gasteiger partial charge in [-0.2, -0.15) is 0 Å². The molecule has 0 aromatic heterocycles. The lowest BCUT2D eigenvalue weighted by Gasteiger charge is -2.21. The number of anilines is 1. The molecule has 1 aromatic rings. The molecule has 0 heterocycles. The summed E-state index contributed by atoms with van der Waals surface area (Å²) < 4.78 is 0.852. The third kappa shape index (κ3) is 3.04. The van der Waals surface area contributed by atoms with Gasteiger partial charge in [0.15, 0.2) is 0 Å². The highest BCUT2D eigenvalue weighted by atomic mass is 79.9. The monoisotopic (exact) mass is 270 g/mol. The number of nitrogens with one attached hydrogen (secondary N) is 1. The van der Waals surface area contributed by atoms with Crippen LogP contribution < -0.4 is 11.1 Å². The average Bonchev–Trinajstić information content (AvgIpc) is 2.21. The molecule has 4 heteroatoms. The van der Waals surface area contributed by atoms with E-state index in [0.717, 1.165) is 10.2 Å². The number of amides is 1. The van der Waals surface area contributed by atoms with E-state index < -0.39 is 5.54 Å². The van der Waals surface area contributed by atoms with Crippen LogP contribution in [0.2, 0.25) is 0 Å². The van der Waals surface area contributed by atoms with Crippen LogP contribution in [-0.2, 0) is 4.79 Å². The first-order valence-electron chi connectivity index (χ1n) is 4.82. The summed E-state index contributed by atoms with van der Waals surface area (Å²) in [6.45, 7) is 3.61. The average molecular weight is 271 g/mol. The quantitative estimate of drug-likeness (QED) is 0.887. The van der Waals surface area contributed by atoms with Crippen LogP contribution in [0, 0.1) is 0 Å². The summed E-state index contributed by atoms with van der Waals surface area (Å²) in [5, 5.41) is 2.79. The first-order valence-corrected chi connectivity index (χ1v) is 5.61. The highest BCUT2D eigenvalue weighted by Crippen LogP contribution is 2.22. The fraction of sp³-hybridized carbons (Fsp3) is 0.364. The highest BCUT2D eigenvalue weighted by Gasteiger charge is 2.26. The number of para-hydroxylation sites is 1. The predicted molar refractivity (Wildman–Crippen MR) is 65.7 cm³/mol. The van der Waals surface area contributed by atoms with E-state index >= 15 is 0 Å². The van der Waals surface area contributed by atoms with Crippen LogP contribution in [0.3, 0.4) is 0 Å². The number of hydrogen-bond acceptors (Lipinski definition) is 2. The number of hydrogen-bond donors (Lipinski definition) is 2. The number of halogens is 1. The van der Waals surface area contributed by atoms with Crippen molar-refractivity contribution in [2.75, 3.05) is 5.32 Å². The molecule has 0 aliphatic carbocycles. The molecule has 15 heavy (non-hydrogen) atoms. The zero-order valence-corrected chi connectivity index (χ0v) is 10.5. The van der Waals surface area contributed by atoms with Crippen molar-refractivity contribution in [3.63, 3.8) is 0 Å². The molecule has 0 radical (unpaired) electrons. The predicted octanol–water partition coefficient (Wildman–Crippen LogP) is 2.52. The smallest absolute Gasteiger partial charge is 0.244 e. The first-order chi connectivity index (χ1) is 6.97. The van der Waals surface area contributed by atoms with Gasteiger partial charge in [0.05, 0.1) is 11.2 Å². The number of rotatable bonds is 3. The summed E-state index contributed by atoms with van der Waals surface area (Å²) in [5.74, 6) is -0.170. The van der Waals surface area contributed by atoms with Crippen LogP contribution in [0.4, 0.5) is 5.69 Å². The molecule has 0 aliphatic rings. The number of carbonyl (C=O) groups excluding carboxylic acids is 1. The van der Waals surface area contributed by atoms with Crippen molar-refractivity contribution in [3.05, 3.63) is 28.7 Å². The minimum Gasteiger partial charge on any atom is -0.323 e. The zero-order valence-electron chi connectivity index (χ0n) is 8.88. The molecular weight excluding hydrogens is 256 g/mol. The Hall–Kier alpha value is -0.870. The van der Waals surface area contributed by atoms with Gasteiger partial charge in [-0.15, -0.1) is 0 Å². The fourth-order valence-corrected chi connectivity index (χ4v) is 1.37. The van der Waals surface area contributed by atoms with Crippen molar-refractivity contribution >= 4 is 27.5 Å². The van der Waals surface area contributed by atoms with Gasteiger partial charge in [-0.05, 0) is 41.4 Å². The molecule has 1 unspecified atom stereocenters. The second kappa shape index (κ2) is 4.77. The Morgan fingerprint density at radius 3 is 2.67 bits per heavy atom. The van der Waals surface area contributed by atoms with Crippen molar-refractivity contribution in [2.24, 2.45) is 5.73 Å². The van der Waals surface area contributed by atoms with Crippen LogP contribution in [0.15, 0.2) is 28.7 Å². The van der Waals surface area contributed by atoms with Gasteiger partial charge in [0.1, 0.15) is 0 Å². The van der Waals surface area contributed by atoms with Gasteiger partial charge in [0.2, 0.25) is 5.91 Å². The maximum atomic E-state index is 11.8. The summed E-state index contributed by atoms with van der Waals surface area (Å²) in [4.78, 5) is 11.8. The van der Waals surface area contributed by atoms with Gasteiger partial charge in [-0.25, -0.2) is 0 Å². The molecule has 0 bridgehead atoms. The Labute approximate surface area is 98.2 Å². The summed E-state index contributed by atoms with van der Waals surface area (Å²) in [7, 11) is 0. The van der Waals surface area contributed by atoms with Crippen molar-refractivity contribution in [1.82, 2.24) is 0 Å². The maximum absolute atomic E-state index is 11.8.